The molecule has 5 rings (SSSR count). The summed E-state index contributed by atoms with van der Waals surface area (Å²) in [6.45, 7) is 2.62. The van der Waals surface area contributed by atoms with Crippen molar-refractivity contribution in [3.8, 4) is 11.6 Å². The maximum atomic E-state index is 6.03. The highest BCUT2D eigenvalue weighted by Crippen LogP contribution is 2.33. The molecular weight excluding hydrogens is 392 g/mol. The Morgan fingerprint density at radius 2 is 2.10 bits per heavy atom. The molecule has 8 nitrogen and oxygen atoms in total. The van der Waals surface area contributed by atoms with Gasteiger partial charge in [0.05, 0.1) is 12.0 Å². The monoisotopic (exact) mass is 416 g/mol. The number of hydrogen-bond donors (Lipinski definition) is 3. The average Bonchev–Trinajstić information content (AvgIpc) is 3.39. The smallest absolute Gasteiger partial charge is 0.233 e. The van der Waals surface area contributed by atoms with E-state index in [9.17, 15) is 0 Å². The Hall–Kier alpha value is -3.78. The van der Waals surface area contributed by atoms with Crippen LogP contribution in [0.15, 0.2) is 54.7 Å². The van der Waals surface area contributed by atoms with E-state index in [0.29, 0.717) is 28.9 Å². The number of nitrogen functional groups attached to an aromatic ring is 1. The molecule has 0 spiro atoms. The summed E-state index contributed by atoms with van der Waals surface area (Å²) in [5.74, 6) is 1.55. The molecule has 0 radical (unpaired) electrons. The first-order valence-electron chi connectivity index (χ1n) is 10.2. The minimum atomic E-state index is 0.461. The lowest BCUT2D eigenvalue weighted by atomic mass is 10.1. The van der Waals surface area contributed by atoms with Crippen LogP contribution in [0.1, 0.15) is 5.56 Å². The van der Waals surface area contributed by atoms with Crippen molar-refractivity contribution < 1.29 is 9.47 Å². The number of nitrogens with two attached hydrogens (primary N) is 1. The number of aromatic nitrogens is 3. The van der Waals surface area contributed by atoms with Gasteiger partial charge >= 0.3 is 0 Å². The Bertz CT molecular complexity index is 1220. The van der Waals surface area contributed by atoms with Crippen molar-refractivity contribution in [1.82, 2.24) is 15.0 Å². The van der Waals surface area contributed by atoms with E-state index >= 15 is 0 Å². The van der Waals surface area contributed by atoms with Crippen LogP contribution in [-0.2, 0) is 11.2 Å². The summed E-state index contributed by atoms with van der Waals surface area (Å²) in [5.41, 5.74) is 10.7. The van der Waals surface area contributed by atoms with Crippen LogP contribution in [0.25, 0.3) is 11.0 Å². The summed E-state index contributed by atoms with van der Waals surface area (Å²) < 4.78 is 11.2. The fraction of sp³-hybridized carbons (Fsp3) is 0.217. The molecule has 2 aromatic carbocycles. The molecule has 0 atom stereocenters. The van der Waals surface area contributed by atoms with E-state index in [0.717, 1.165) is 37.2 Å². The van der Waals surface area contributed by atoms with Crippen LogP contribution < -0.4 is 20.7 Å². The molecule has 1 aliphatic rings. The van der Waals surface area contributed by atoms with Gasteiger partial charge < -0.3 is 30.4 Å². The van der Waals surface area contributed by atoms with E-state index in [2.05, 4.69) is 37.3 Å². The molecule has 3 heterocycles. The number of rotatable bonds is 7. The van der Waals surface area contributed by atoms with Gasteiger partial charge in [0, 0.05) is 49.5 Å². The molecular formula is C23H24N6O2. The summed E-state index contributed by atoms with van der Waals surface area (Å²) in [5, 5.41) is 4.12. The standard InChI is InChI=1S/C23H24N6O2/c1-30-12-11-29-10-8-15-13-17(5-6-20(15)29)26-23-27-21-19(7-9-25-21)22(28-23)31-18-4-2-3-16(24)14-18/h2-7,9,13-14H,8,10-12,24H2,1H3,(H2,25,26,27,28). The van der Waals surface area contributed by atoms with E-state index in [-0.39, 0.29) is 0 Å². The van der Waals surface area contributed by atoms with Gasteiger partial charge in [-0.2, -0.15) is 9.97 Å². The third-order valence-corrected chi connectivity index (χ3v) is 5.35. The minimum Gasteiger partial charge on any atom is -0.438 e. The lowest BCUT2D eigenvalue weighted by Gasteiger charge is -2.19. The Balaban J connectivity index is 1.41. The van der Waals surface area contributed by atoms with E-state index in [1.807, 2.05) is 36.5 Å². The number of ether oxygens (including phenoxy) is 2. The number of aromatic amines is 1. The zero-order valence-corrected chi connectivity index (χ0v) is 17.3. The largest absolute Gasteiger partial charge is 0.438 e. The second kappa shape index (κ2) is 8.16. The van der Waals surface area contributed by atoms with Gasteiger partial charge in [-0.3, -0.25) is 0 Å². The van der Waals surface area contributed by atoms with Crippen molar-refractivity contribution in [2.75, 3.05) is 42.8 Å². The average molecular weight is 416 g/mol. The van der Waals surface area contributed by atoms with E-state index in [1.165, 1.54) is 11.3 Å². The van der Waals surface area contributed by atoms with Crippen molar-refractivity contribution in [3.63, 3.8) is 0 Å². The molecule has 2 aromatic heterocycles. The topological polar surface area (TPSA) is 101 Å². The molecule has 4 N–H and O–H groups in total. The zero-order valence-electron chi connectivity index (χ0n) is 17.3. The summed E-state index contributed by atoms with van der Waals surface area (Å²) >= 11 is 0. The highest BCUT2D eigenvalue weighted by Gasteiger charge is 2.19. The highest BCUT2D eigenvalue weighted by molar-refractivity contribution is 5.83. The SMILES string of the molecule is COCCN1CCc2cc(Nc3nc(Oc4cccc(N)c4)c4cc[nH]c4n3)ccc21. The van der Waals surface area contributed by atoms with E-state index in [4.69, 9.17) is 15.2 Å². The van der Waals surface area contributed by atoms with Crippen LogP contribution in [0.3, 0.4) is 0 Å². The van der Waals surface area contributed by atoms with Crippen LogP contribution in [0.2, 0.25) is 0 Å². The van der Waals surface area contributed by atoms with E-state index in [1.54, 1.807) is 13.2 Å². The lowest BCUT2D eigenvalue weighted by molar-refractivity contribution is 0.205. The Morgan fingerprint density at radius 1 is 1.16 bits per heavy atom. The number of fused-ring (bicyclic) bond motifs is 2. The lowest BCUT2D eigenvalue weighted by Crippen LogP contribution is -2.24. The first-order valence-corrected chi connectivity index (χ1v) is 10.2. The number of anilines is 4. The van der Waals surface area contributed by atoms with Crippen molar-refractivity contribution in [2.45, 2.75) is 6.42 Å². The van der Waals surface area contributed by atoms with Crippen LogP contribution in [-0.4, -0.2) is 41.8 Å². The molecule has 31 heavy (non-hydrogen) atoms. The quantitative estimate of drug-likeness (QED) is 0.390. The van der Waals surface area contributed by atoms with Crippen molar-refractivity contribution >= 4 is 34.0 Å². The predicted octanol–water partition coefficient (Wildman–Crippen LogP) is 4.08. The Morgan fingerprint density at radius 3 is 2.97 bits per heavy atom. The van der Waals surface area contributed by atoms with Gasteiger partial charge in [-0.05, 0) is 48.4 Å². The third-order valence-electron chi connectivity index (χ3n) is 5.35. The second-order valence-electron chi connectivity index (χ2n) is 7.47. The molecule has 0 aliphatic carbocycles. The van der Waals surface area contributed by atoms with Crippen molar-refractivity contribution in [2.24, 2.45) is 0 Å². The third kappa shape index (κ3) is 3.97. The number of methoxy groups -OCH3 is 1. The van der Waals surface area contributed by atoms with Gasteiger partial charge in [0.1, 0.15) is 11.4 Å². The molecule has 8 heteroatoms. The number of H-pyrrole nitrogens is 1. The summed E-state index contributed by atoms with van der Waals surface area (Å²) in [7, 11) is 1.73. The highest BCUT2D eigenvalue weighted by atomic mass is 16.5. The molecule has 0 fully saturated rings. The minimum absolute atomic E-state index is 0.461. The van der Waals surface area contributed by atoms with Gasteiger partial charge in [0.15, 0.2) is 0 Å². The van der Waals surface area contributed by atoms with Gasteiger partial charge in [0.25, 0.3) is 0 Å². The first-order chi connectivity index (χ1) is 15.2. The molecule has 0 bridgehead atoms. The summed E-state index contributed by atoms with van der Waals surface area (Å²) in [4.78, 5) is 14.7. The fourth-order valence-electron chi connectivity index (χ4n) is 3.85. The molecule has 0 amide bonds. The Kier molecular flexibility index (Phi) is 5.05. The number of benzene rings is 2. The van der Waals surface area contributed by atoms with Crippen LogP contribution in [0, 0.1) is 0 Å². The molecule has 0 saturated heterocycles. The molecule has 158 valence electrons. The van der Waals surface area contributed by atoms with Crippen LogP contribution >= 0.6 is 0 Å². The second-order valence-corrected chi connectivity index (χ2v) is 7.47. The Labute approximate surface area is 180 Å². The molecule has 1 aliphatic heterocycles. The number of nitrogens with one attached hydrogen (secondary N) is 2. The number of hydrogen-bond acceptors (Lipinski definition) is 7. The van der Waals surface area contributed by atoms with Gasteiger partial charge in [-0.15, -0.1) is 0 Å². The predicted molar refractivity (Wildman–Crippen MR) is 122 cm³/mol. The van der Waals surface area contributed by atoms with Crippen molar-refractivity contribution in [1.29, 1.82) is 0 Å². The summed E-state index contributed by atoms with van der Waals surface area (Å²) in [6, 6.07) is 15.5. The van der Waals surface area contributed by atoms with Gasteiger partial charge in [0.2, 0.25) is 11.8 Å². The van der Waals surface area contributed by atoms with Crippen LogP contribution in [0.5, 0.6) is 11.6 Å². The molecule has 0 saturated carbocycles. The zero-order chi connectivity index (χ0) is 21.2. The van der Waals surface area contributed by atoms with Crippen molar-refractivity contribution in [3.05, 3.63) is 60.3 Å². The number of nitrogens with zero attached hydrogens (tertiary/aromatic N) is 3. The van der Waals surface area contributed by atoms with Gasteiger partial charge in [-0.1, -0.05) is 6.07 Å². The molecule has 4 aromatic rings. The molecule has 0 unspecified atom stereocenters. The van der Waals surface area contributed by atoms with Crippen LogP contribution in [0.4, 0.5) is 23.0 Å². The normalized spacial score (nSPS) is 12.9. The maximum absolute atomic E-state index is 6.03. The van der Waals surface area contributed by atoms with Gasteiger partial charge in [-0.25, -0.2) is 0 Å². The first kappa shape index (κ1) is 19.2. The summed E-state index contributed by atoms with van der Waals surface area (Å²) in [6.07, 6.45) is 2.83. The van der Waals surface area contributed by atoms with E-state index < -0.39 is 0 Å². The fourth-order valence-corrected chi connectivity index (χ4v) is 3.85. The maximum Gasteiger partial charge on any atom is 0.233 e.